The summed E-state index contributed by atoms with van der Waals surface area (Å²) in [5, 5.41) is 1.45. The Morgan fingerprint density at radius 3 is 1.81 bits per heavy atom. The molecule has 0 fully saturated rings. The van der Waals surface area contributed by atoms with E-state index in [1.807, 2.05) is 0 Å². The van der Waals surface area contributed by atoms with Crippen LogP contribution >= 0.6 is 0 Å². The Hall–Kier alpha value is -1.00. The van der Waals surface area contributed by atoms with Crippen molar-refractivity contribution in [2.24, 2.45) is 0 Å². The van der Waals surface area contributed by atoms with Gasteiger partial charge in [0.05, 0.1) is 0 Å². The minimum absolute atomic E-state index is 0.556. The number of rotatable bonds is 7. The molecule has 2 aromatic rings. The van der Waals surface area contributed by atoms with Gasteiger partial charge in [-0.25, -0.2) is 0 Å². The van der Waals surface area contributed by atoms with Crippen molar-refractivity contribution in [2.75, 3.05) is 0 Å². The molecule has 0 amide bonds. The van der Waals surface area contributed by atoms with E-state index in [0.717, 1.165) is 0 Å². The van der Waals surface area contributed by atoms with E-state index < -0.39 is 0 Å². The van der Waals surface area contributed by atoms with Gasteiger partial charge in [-0.15, -0.1) is 0 Å². The zero-order chi connectivity index (χ0) is 15.1. The molecule has 0 spiro atoms. The van der Waals surface area contributed by atoms with E-state index in [1.54, 1.807) is 0 Å². The van der Waals surface area contributed by atoms with Crippen molar-refractivity contribution in [1.82, 2.24) is 0 Å². The fraction of sp³-hybridized carbons (Fsp3) is 0.400. The quantitative estimate of drug-likeness (QED) is 0.443. The van der Waals surface area contributed by atoms with Gasteiger partial charge in [0.15, 0.2) is 0 Å². The molecule has 0 aliphatic heterocycles. The maximum atomic E-state index is 2.37. The average molecular weight is 341 g/mol. The van der Waals surface area contributed by atoms with Crippen LogP contribution in [0.25, 0.3) is 0 Å². The second-order valence-corrected chi connectivity index (χ2v) is 8.07. The zero-order valence-corrected chi connectivity index (χ0v) is 15.3. The molecule has 2 aromatic carbocycles. The first-order chi connectivity index (χ1) is 10.2. The summed E-state index contributed by atoms with van der Waals surface area (Å²) >= 11 is 0.578. The van der Waals surface area contributed by atoms with E-state index in [2.05, 4.69) is 68.1 Å². The summed E-state index contributed by atoms with van der Waals surface area (Å²) in [6.07, 6.45) is 4.01. The first-order valence-corrected chi connectivity index (χ1v) is 11.1. The third-order valence-electron chi connectivity index (χ3n) is 4.25. The van der Waals surface area contributed by atoms with Crippen LogP contribution in [0.2, 0.25) is 10.9 Å². The maximum absolute atomic E-state index is 2.37. The van der Waals surface area contributed by atoms with Crippen molar-refractivity contribution >= 4 is 15.8 Å². The van der Waals surface area contributed by atoms with E-state index in [-0.39, 0.29) is 0 Å². The molecular weight excluding hydrogens is 315 g/mol. The normalized spacial score (nSPS) is 11.6. The molecule has 0 bridgehead atoms. The Kier molecular flexibility index (Phi) is 6.58. The number of hydrogen-bond acceptors (Lipinski definition) is 0. The molecule has 1 heteroatoms. The molecule has 0 N–H and O–H groups in total. The molecule has 0 saturated heterocycles. The number of aryl methyl sites for hydroxylation is 2. The summed E-state index contributed by atoms with van der Waals surface area (Å²) in [5.41, 5.74) is 8.24. The first-order valence-electron chi connectivity index (χ1n) is 7.90. The molecule has 0 aliphatic rings. The van der Waals surface area contributed by atoms with Crippen LogP contribution in [0.5, 0.6) is 0 Å². The molecule has 0 unspecified atom stereocenters. The monoisotopic (exact) mass is 341 g/mol. The van der Waals surface area contributed by atoms with Crippen LogP contribution in [0.3, 0.4) is 0 Å². The molecule has 0 heterocycles. The Bertz CT molecular complexity index is 514. The van der Waals surface area contributed by atoms with Gasteiger partial charge in [-0.05, 0) is 0 Å². The van der Waals surface area contributed by atoms with Crippen molar-refractivity contribution < 1.29 is 0 Å². The van der Waals surface area contributed by atoms with Gasteiger partial charge in [0.2, 0.25) is 0 Å². The van der Waals surface area contributed by atoms with E-state index in [1.165, 1.54) is 46.7 Å². The first kappa shape index (κ1) is 16.4. The SMILES string of the molecule is C[As+]CCCCC(c1ccccc1C)c1ccccc1C. The van der Waals surface area contributed by atoms with Crippen molar-refractivity contribution in [3.05, 3.63) is 70.8 Å². The summed E-state index contributed by atoms with van der Waals surface area (Å²) in [6, 6.07) is 17.8. The fourth-order valence-corrected chi connectivity index (χ4v) is 4.19. The van der Waals surface area contributed by atoms with Crippen molar-refractivity contribution in [3.8, 4) is 0 Å². The third-order valence-corrected chi connectivity index (χ3v) is 5.85. The van der Waals surface area contributed by atoms with Gasteiger partial charge < -0.3 is 0 Å². The molecular formula is C20H26As+. The minimum atomic E-state index is 0.556. The van der Waals surface area contributed by atoms with E-state index in [9.17, 15) is 0 Å². The van der Waals surface area contributed by atoms with Gasteiger partial charge in [-0.1, -0.05) is 0 Å². The van der Waals surface area contributed by atoms with Crippen LogP contribution in [0.1, 0.15) is 47.4 Å². The predicted octanol–water partition coefficient (Wildman–Crippen LogP) is 5.78. The standard InChI is InChI=1S/C20H26As/c1-16-10-4-6-12-18(16)20(14-8-9-15-21-3)19-13-7-5-11-17(19)2/h4-7,10-13,20H,8-9,14-15H2,1-3H3/q+1. The number of unbranched alkanes of at least 4 members (excludes halogenated alkanes) is 1. The van der Waals surface area contributed by atoms with E-state index >= 15 is 0 Å². The third kappa shape index (κ3) is 4.48. The van der Waals surface area contributed by atoms with Crippen LogP contribution in [0, 0.1) is 13.8 Å². The summed E-state index contributed by atoms with van der Waals surface area (Å²) in [4.78, 5) is 0. The summed E-state index contributed by atoms with van der Waals surface area (Å²) < 4.78 is 0. The Balaban J connectivity index is 2.27. The summed E-state index contributed by atoms with van der Waals surface area (Å²) in [5.74, 6) is 0.556. The van der Waals surface area contributed by atoms with Crippen molar-refractivity contribution in [3.63, 3.8) is 0 Å². The average Bonchev–Trinajstić information content (AvgIpc) is 2.50. The van der Waals surface area contributed by atoms with Crippen molar-refractivity contribution in [1.29, 1.82) is 0 Å². The summed E-state index contributed by atoms with van der Waals surface area (Å²) in [6.45, 7) is 4.49. The molecule has 0 aromatic heterocycles. The molecule has 0 nitrogen and oxygen atoms in total. The Labute approximate surface area is 136 Å². The molecule has 0 atom stereocenters. The van der Waals surface area contributed by atoms with E-state index in [0.29, 0.717) is 21.7 Å². The van der Waals surface area contributed by atoms with Crippen LogP contribution in [-0.4, -0.2) is 15.8 Å². The number of benzene rings is 2. The zero-order valence-electron chi connectivity index (χ0n) is 13.5. The van der Waals surface area contributed by atoms with Gasteiger partial charge in [0, 0.05) is 0 Å². The predicted molar refractivity (Wildman–Crippen MR) is 94.5 cm³/mol. The van der Waals surface area contributed by atoms with Crippen LogP contribution < -0.4 is 0 Å². The molecule has 110 valence electrons. The van der Waals surface area contributed by atoms with E-state index in [4.69, 9.17) is 0 Å². The molecule has 21 heavy (non-hydrogen) atoms. The van der Waals surface area contributed by atoms with Crippen LogP contribution in [-0.2, 0) is 0 Å². The second kappa shape index (κ2) is 8.44. The van der Waals surface area contributed by atoms with Crippen LogP contribution in [0.4, 0.5) is 0 Å². The second-order valence-electron chi connectivity index (χ2n) is 5.80. The Morgan fingerprint density at radius 1 is 0.810 bits per heavy atom. The van der Waals surface area contributed by atoms with Gasteiger partial charge in [0.25, 0.3) is 0 Å². The summed E-state index contributed by atoms with van der Waals surface area (Å²) in [7, 11) is 0. The molecule has 0 saturated carbocycles. The molecule has 0 aliphatic carbocycles. The molecule has 2 rings (SSSR count). The Morgan fingerprint density at radius 2 is 1.33 bits per heavy atom. The van der Waals surface area contributed by atoms with Gasteiger partial charge >= 0.3 is 136 Å². The fourth-order valence-electron chi connectivity index (χ4n) is 3.05. The van der Waals surface area contributed by atoms with Gasteiger partial charge in [-0.2, -0.15) is 0 Å². The van der Waals surface area contributed by atoms with Gasteiger partial charge in [0.1, 0.15) is 0 Å². The van der Waals surface area contributed by atoms with Crippen molar-refractivity contribution in [2.45, 2.75) is 49.9 Å². The van der Waals surface area contributed by atoms with Gasteiger partial charge in [-0.3, -0.25) is 0 Å². The van der Waals surface area contributed by atoms with Crippen LogP contribution in [0.15, 0.2) is 48.5 Å². The topological polar surface area (TPSA) is 0 Å². The molecule has 2 radical (unpaired) electrons. The number of hydrogen-bond donors (Lipinski definition) is 0.